The Labute approximate surface area is 58.9 Å². The van der Waals surface area contributed by atoms with Gasteiger partial charge < -0.3 is 0 Å². The van der Waals surface area contributed by atoms with Crippen molar-refractivity contribution in [1.82, 2.24) is 0 Å². The zero-order chi connectivity index (χ0) is 5.54. The van der Waals surface area contributed by atoms with Gasteiger partial charge in [-0.3, -0.25) is 0 Å². The van der Waals surface area contributed by atoms with E-state index < -0.39 is 20.4 Å². The summed E-state index contributed by atoms with van der Waals surface area (Å²) in [6.45, 7) is 3.02. The topological polar surface area (TPSA) is 9.23 Å². The average molecular weight is 227 g/mol. The summed E-state index contributed by atoms with van der Waals surface area (Å²) in [7, 11) is 5.39. The van der Waals surface area contributed by atoms with Crippen LogP contribution in [-0.4, -0.2) is 27.0 Å². The SMILES string of the molecule is CCCC[O][Sn][Cl]. The predicted molar refractivity (Wildman–Crippen MR) is 32.5 cm³/mol. The van der Waals surface area contributed by atoms with Crippen LogP contribution >= 0.6 is 8.92 Å². The van der Waals surface area contributed by atoms with E-state index >= 15 is 0 Å². The van der Waals surface area contributed by atoms with Gasteiger partial charge in [-0.25, -0.2) is 0 Å². The van der Waals surface area contributed by atoms with Crippen LogP contribution < -0.4 is 0 Å². The Bertz CT molecular complexity index is 30.9. The molecule has 0 aromatic heterocycles. The third kappa shape index (κ3) is 7.05. The van der Waals surface area contributed by atoms with E-state index in [9.17, 15) is 0 Å². The van der Waals surface area contributed by atoms with Crippen LogP contribution in [-0.2, 0) is 3.07 Å². The Hall–Kier alpha value is 1.05. The summed E-state index contributed by atoms with van der Waals surface area (Å²) in [5, 5.41) is 0. The summed E-state index contributed by atoms with van der Waals surface area (Å²) in [6.07, 6.45) is 2.36. The van der Waals surface area contributed by atoms with E-state index in [1.165, 1.54) is 6.42 Å². The zero-order valence-electron chi connectivity index (χ0n) is 4.41. The molecule has 0 atom stereocenters. The minimum absolute atomic E-state index is 0.851. The van der Waals surface area contributed by atoms with Crippen molar-refractivity contribution in [3.8, 4) is 0 Å². The Morgan fingerprint density at radius 1 is 1.71 bits per heavy atom. The Morgan fingerprint density at radius 2 is 2.43 bits per heavy atom. The number of hydrogen-bond donors (Lipinski definition) is 0. The molecule has 0 unspecified atom stereocenters. The number of hydrogen-bond acceptors (Lipinski definition) is 1. The fraction of sp³-hybridized carbons (Fsp3) is 1.00. The molecule has 0 N–H and O–H groups in total. The van der Waals surface area contributed by atoms with E-state index in [1.54, 1.807) is 0 Å². The Morgan fingerprint density at radius 3 is 2.86 bits per heavy atom. The van der Waals surface area contributed by atoms with E-state index in [4.69, 9.17) is 12.0 Å². The van der Waals surface area contributed by atoms with Gasteiger partial charge >= 0.3 is 58.8 Å². The Balaban J connectivity index is 2.45. The van der Waals surface area contributed by atoms with Crippen molar-refractivity contribution in [2.75, 3.05) is 6.61 Å². The number of rotatable bonds is 4. The average Bonchev–Trinajstić information content (AvgIpc) is 1.69. The van der Waals surface area contributed by atoms with E-state index in [0.29, 0.717) is 0 Å². The standard InChI is InChI=1S/C4H9O.ClH.Sn/c1-2-3-4-5;;/h2-4H2,1H3;1H;/q-1;;+2/p-1. The molecule has 7 heavy (non-hydrogen) atoms. The van der Waals surface area contributed by atoms with E-state index in [0.717, 1.165) is 13.0 Å². The normalized spacial score (nSPS) is 9.43. The quantitative estimate of drug-likeness (QED) is 0.523. The molecule has 0 aromatic carbocycles. The third-order valence-electron chi connectivity index (χ3n) is 0.655. The summed E-state index contributed by atoms with van der Waals surface area (Å²) in [5.41, 5.74) is 0. The van der Waals surface area contributed by atoms with E-state index in [1.807, 2.05) is 0 Å². The van der Waals surface area contributed by atoms with Crippen LogP contribution in [0, 0.1) is 0 Å². The van der Waals surface area contributed by atoms with Gasteiger partial charge in [0.2, 0.25) is 0 Å². The van der Waals surface area contributed by atoms with Gasteiger partial charge in [0.15, 0.2) is 0 Å². The van der Waals surface area contributed by atoms with Crippen molar-refractivity contribution in [3.05, 3.63) is 0 Å². The monoisotopic (exact) mass is 228 g/mol. The van der Waals surface area contributed by atoms with Crippen molar-refractivity contribution in [3.63, 3.8) is 0 Å². The molecule has 0 amide bonds. The molecule has 0 aliphatic carbocycles. The van der Waals surface area contributed by atoms with Gasteiger partial charge in [0.05, 0.1) is 0 Å². The Kier molecular flexibility index (Phi) is 8.10. The first-order valence-electron chi connectivity index (χ1n) is 2.39. The minimum atomic E-state index is -0.851. The first kappa shape index (κ1) is 8.05. The molecule has 0 saturated carbocycles. The van der Waals surface area contributed by atoms with Gasteiger partial charge in [0, 0.05) is 0 Å². The van der Waals surface area contributed by atoms with Crippen molar-refractivity contribution >= 4 is 29.4 Å². The first-order valence-corrected chi connectivity index (χ1v) is 7.17. The molecule has 0 aromatic rings. The van der Waals surface area contributed by atoms with Crippen molar-refractivity contribution in [2.45, 2.75) is 19.8 Å². The summed E-state index contributed by atoms with van der Waals surface area (Å²) in [4.78, 5) is 0. The van der Waals surface area contributed by atoms with Crippen LogP contribution in [0.2, 0.25) is 0 Å². The molecule has 0 aliphatic heterocycles. The number of unbranched alkanes of at least 4 members (excludes halogenated alkanes) is 1. The third-order valence-corrected chi connectivity index (χ3v) is 2.28. The van der Waals surface area contributed by atoms with Crippen molar-refractivity contribution < 1.29 is 3.07 Å². The van der Waals surface area contributed by atoms with Gasteiger partial charge in [0.1, 0.15) is 0 Å². The second kappa shape index (κ2) is 7.05. The maximum atomic E-state index is 5.39. The molecule has 2 radical (unpaired) electrons. The molecule has 0 heterocycles. The molecule has 0 aliphatic rings. The van der Waals surface area contributed by atoms with Crippen molar-refractivity contribution in [2.24, 2.45) is 0 Å². The van der Waals surface area contributed by atoms with Crippen molar-refractivity contribution in [1.29, 1.82) is 0 Å². The molecular formula is C4H9ClOSn. The maximum absolute atomic E-state index is 5.39. The molecule has 3 heteroatoms. The fourth-order valence-electron chi connectivity index (χ4n) is 0.255. The van der Waals surface area contributed by atoms with Gasteiger partial charge in [-0.1, -0.05) is 0 Å². The second-order valence-corrected chi connectivity index (χ2v) is 3.58. The summed E-state index contributed by atoms with van der Waals surface area (Å²) in [6, 6.07) is 0. The summed E-state index contributed by atoms with van der Waals surface area (Å²) < 4.78 is 5.01. The van der Waals surface area contributed by atoms with Gasteiger partial charge in [0.25, 0.3) is 0 Å². The second-order valence-electron chi connectivity index (χ2n) is 1.28. The molecule has 0 rings (SSSR count). The molecule has 0 spiro atoms. The van der Waals surface area contributed by atoms with Crippen LogP contribution in [0.3, 0.4) is 0 Å². The molecule has 0 saturated heterocycles. The van der Waals surface area contributed by atoms with E-state index in [2.05, 4.69) is 6.92 Å². The van der Waals surface area contributed by atoms with Crippen LogP contribution in [0.1, 0.15) is 19.8 Å². The molecular weight excluding hydrogens is 218 g/mol. The van der Waals surface area contributed by atoms with Crippen LogP contribution in [0.4, 0.5) is 0 Å². The van der Waals surface area contributed by atoms with Crippen LogP contribution in [0.5, 0.6) is 0 Å². The van der Waals surface area contributed by atoms with E-state index in [-0.39, 0.29) is 0 Å². The molecule has 1 nitrogen and oxygen atoms in total. The fourth-order valence-corrected chi connectivity index (χ4v) is 1.40. The number of halogens is 1. The zero-order valence-corrected chi connectivity index (χ0v) is 8.02. The van der Waals surface area contributed by atoms with Gasteiger partial charge in [-0.05, 0) is 0 Å². The molecule has 0 fully saturated rings. The first-order chi connectivity index (χ1) is 3.41. The van der Waals surface area contributed by atoms with Crippen LogP contribution in [0.25, 0.3) is 0 Å². The molecule has 42 valence electrons. The van der Waals surface area contributed by atoms with Gasteiger partial charge in [-0.2, -0.15) is 0 Å². The summed E-state index contributed by atoms with van der Waals surface area (Å²) >= 11 is -0.851. The van der Waals surface area contributed by atoms with Gasteiger partial charge in [-0.15, -0.1) is 0 Å². The van der Waals surface area contributed by atoms with Crippen LogP contribution in [0.15, 0.2) is 0 Å². The summed E-state index contributed by atoms with van der Waals surface area (Å²) in [5.74, 6) is 0. The molecule has 0 bridgehead atoms. The predicted octanol–water partition coefficient (Wildman–Crippen LogP) is 1.58.